The first-order chi connectivity index (χ1) is 9.55. The first-order valence-electron chi connectivity index (χ1n) is 6.80. The summed E-state index contributed by atoms with van der Waals surface area (Å²) in [4.78, 5) is 26.4. The van der Waals surface area contributed by atoms with Crippen LogP contribution in [0.2, 0.25) is 5.02 Å². The van der Waals surface area contributed by atoms with Gasteiger partial charge in [-0.2, -0.15) is 0 Å². The van der Waals surface area contributed by atoms with Crippen LogP contribution in [0.3, 0.4) is 0 Å². The van der Waals surface area contributed by atoms with Gasteiger partial charge in [0.25, 0.3) is 0 Å². The molecule has 1 aromatic rings. The van der Waals surface area contributed by atoms with Crippen molar-refractivity contribution in [3.05, 3.63) is 29.3 Å². The van der Waals surface area contributed by atoms with Gasteiger partial charge in [-0.25, -0.2) is 0 Å². The van der Waals surface area contributed by atoms with Crippen LogP contribution in [0.15, 0.2) is 24.3 Å². The standard InChI is InChI=1S/C15H18ClNO3/c1-3-15(14(19)20-4-2)9-10-17(13(15)18)12-7-5-11(16)6-8-12/h5-8H,3-4,9-10H2,1-2H3. The lowest BCUT2D eigenvalue weighted by Gasteiger charge is -2.24. The molecule has 1 saturated heterocycles. The van der Waals surface area contributed by atoms with Crippen molar-refractivity contribution >= 4 is 29.2 Å². The number of esters is 1. The fourth-order valence-corrected chi connectivity index (χ4v) is 2.69. The maximum Gasteiger partial charge on any atom is 0.321 e. The lowest BCUT2D eigenvalue weighted by atomic mass is 9.83. The van der Waals surface area contributed by atoms with Crippen LogP contribution in [-0.2, 0) is 14.3 Å². The molecule has 1 heterocycles. The van der Waals surface area contributed by atoms with Gasteiger partial charge in [0.2, 0.25) is 5.91 Å². The average Bonchev–Trinajstić information content (AvgIpc) is 2.78. The summed E-state index contributed by atoms with van der Waals surface area (Å²) in [6.07, 6.45) is 0.943. The van der Waals surface area contributed by atoms with Crippen LogP contribution < -0.4 is 4.90 Å². The fourth-order valence-electron chi connectivity index (χ4n) is 2.57. The van der Waals surface area contributed by atoms with Crippen LogP contribution in [0.5, 0.6) is 0 Å². The van der Waals surface area contributed by atoms with Crippen LogP contribution in [0, 0.1) is 5.41 Å². The Morgan fingerprint density at radius 2 is 2.00 bits per heavy atom. The van der Waals surface area contributed by atoms with Gasteiger partial charge in [0.15, 0.2) is 0 Å². The molecule has 1 aromatic carbocycles. The molecule has 0 spiro atoms. The van der Waals surface area contributed by atoms with Crippen molar-refractivity contribution < 1.29 is 14.3 Å². The second-order valence-electron chi connectivity index (χ2n) is 4.84. The van der Waals surface area contributed by atoms with Crippen LogP contribution >= 0.6 is 11.6 Å². The summed E-state index contributed by atoms with van der Waals surface area (Å²) in [7, 11) is 0. The number of rotatable bonds is 4. The Morgan fingerprint density at radius 3 is 2.55 bits per heavy atom. The molecule has 2 rings (SSSR count). The Morgan fingerprint density at radius 1 is 1.35 bits per heavy atom. The Labute approximate surface area is 123 Å². The number of carbonyl (C=O) groups excluding carboxylic acids is 2. The van der Waals surface area contributed by atoms with Gasteiger partial charge in [-0.05, 0) is 44.0 Å². The highest BCUT2D eigenvalue weighted by molar-refractivity contribution is 6.30. The van der Waals surface area contributed by atoms with Crippen LogP contribution in [0.4, 0.5) is 5.69 Å². The lowest BCUT2D eigenvalue weighted by Crippen LogP contribution is -2.41. The Balaban J connectivity index is 2.27. The Hall–Kier alpha value is -1.55. The summed E-state index contributed by atoms with van der Waals surface area (Å²) in [6.45, 7) is 4.40. The third-order valence-electron chi connectivity index (χ3n) is 3.82. The van der Waals surface area contributed by atoms with Gasteiger partial charge in [-0.1, -0.05) is 18.5 Å². The van der Waals surface area contributed by atoms with Crippen LogP contribution in [-0.4, -0.2) is 25.0 Å². The minimum absolute atomic E-state index is 0.180. The highest BCUT2D eigenvalue weighted by Crippen LogP contribution is 2.39. The van der Waals surface area contributed by atoms with Gasteiger partial charge >= 0.3 is 5.97 Å². The monoisotopic (exact) mass is 295 g/mol. The highest BCUT2D eigenvalue weighted by atomic mass is 35.5. The second kappa shape index (κ2) is 5.83. The van der Waals surface area contributed by atoms with Gasteiger partial charge in [0.05, 0.1) is 6.61 Å². The van der Waals surface area contributed by atoms with Crippen LogP contribution in [0.25, 0.3) is 0 Å². The summed E-state index contributed by atoms with van der Waals surface area (Å²) >= 11 is 5.85. The lowest BCUT2D eigenvalue weighted by molar-refractivity contribution is -0.158. The van der Waals surface area contributed by atoms with E-state index in [0.717, 1.165) is 5.69 Å². The van der Waals surface area contributed by atoms with Crippen molar-refractivity contribution in [3.63, 3.8) is 0 Å². The molecular formula is C15H18ClNO3. The van der Waals surface area contributed by atoms with E-state index in [1.807, 2.05) is 6.92 Å². The molecule has 0 aromatic heterocycles. The van der Waals surface area contributed by atoms with Gasteiger partial charge < -0.3 is 9.64 Å². The maximum absolute atomic E-state index is 12.7. The molecule has 0 radical (unpaired) electrons. The number of halogens is 1. The largest absolute Gasteiger partial charge is 0.465 e. The molecule has 1 aliphatic heterocycles. The van der Waals surface area contributed by atoms with E-state index in [-0.39, 0.29) is 12.5 Å². The van der Waals surface area contributed by atoms with E-state index in [2.05, 4.69) is 0 Å². The summed E-state index contributed by atoms with van der Waals surface area (Å²) in [5.74, 6) is -0.593. The van der Waals surface area contributed by atoms with Gasteiger partial charge in [0.1, 0.15) is 5.41 Å². The number of hydrogen-bond acceptors (Lipinski definition) is 3. The van der Waals surface area contributed by atoms with Crippen molar-refractivity contribution in [3.8, 4) is 0 Å². The first kappa shape index (κ1) is 14.9. The SMILES string of the molecule is CCOC(=O)C1(CC)CCN(c2ccc(Cl)cc2)C1=O. The molecule has 0 N–H and O–H groups in total. The van der Waals surface area contributed by atoms with Gasteiger partial charge in [-0.3, -0.25) is 9.59 Å². The smallest absolute Gasteiger partial charge is 0.321 e. The number of amides is 1. The number of benzene rings is 1. The first-order valence-corrected chi connectivity index (χ1v) is 7.17. The van der Waals surface area contributed by atoms with Crippen molar-refractivity contribution in [2.24, 2.45) is 5.41 Å². The van der Waals surface area contributed by atoms with Gasteiger partial charge in [0, 0.05) is 17.3 Å². The van der Waals surface area contributed by atoms with E-state index >= 15 is 0 Å². The topological polar surface area (TPSA) is 46.6 Å². The predicted octanol–water partition coefficient (Wildman–Crippen LogP) is 3.04. The average molecular weight is 296 g/mol. The second-order valence-corrected chi connectivity index (χ2v) is 5.28. The number of carbonyl (C=O) groups is 2. The molecule has 1 atom stereocenters. The van der Waals surface area contributed by atoms with Crippen molar-refractivity contribution in [1.82, 2.24) is 0 Å². The Bertz CT molecular complexity index is 514. The molecule has 1 unspecified atom stereocenters. The van der Waals surface area contributed by atoms with E-state index in [1.54, 1.807) is 36.1 Å². The molecule has 0 saturated carbocycles. The molecule has 0 bridgehead atoms. The van der Waals surface area contributed by atoms with Crippen molar-refractivity contribution in [2.45, 2.75) is 26.7 Å². The van der Waals surface area contributed by atoms with E-state index in [0.29, 0.717) is 24.4 Å². The molecule has 1 aliphatic rings. The number of hydrogen-bond donors (Lipinski definition) is 0. The van der Waals surface area contributed by atoms with E-state index in [4.69, 9.17) is 16.3 Å². The quantitative estimate of drug-likeness (QED) is 0.633. The molecular weight excluding hydrogens is 278 g/mol. The number of ether oxygens (including phenoxy) is 1. The van der Waals surface area contributed by atoms with E-state index < -0.39 is 11.4 Å². The molecule has 0 aliphatic carbocycles. The summed E-state index contributed by atoms with van der Waals surface area (Å²) in [5.41, 5.74) is -0.269. The molecule has 1 fully saturated rings. The van der Waals surface area contributed by atoms with Crippen molar-refractivity contribution in [1.29, 1.82) is 0 Å². The molecule has 20 heavy (non-hydrogen) atoms. The number of nitrogens with zero attached hydrogens (tertiary/aromatic N) is 1. The minimum Gasteiger partial charge on any atom is -0.465 e. The molecule has 4 nitrogen and oxygen atoms in total. The van der Waals surface area contributed by atoms with Crippen molar-refractivity contribution in [2.75, 3.05) is 18.1 Å². The zero-order valence-corrected chi connectivity index (χ0v) is 12.4. The minimum atomic E-state index is -1.03. The molecule has 5 heteroatoms. The van der Waals surface area contributed by atoms with E-state index in [9.17, 15) is 9.59 Å². The predicted molar refractivity (Wildman–Crippen MR) is 77.8 cm³/mol. The summed E-state index contributed by atoms with van der Waals surface area (Å²) in [6, 6.07) is 7.05. The fraction of sp³-hybridized carbons (Fsp3) is 0.467. The number of anilines is 1. The van der Waals surface area contributed by atoms with Gasteiger partial charge in [-0.15, -0.1) is 0 Å². The summed E-state index contributed by atoms with van der Waals surface area (Å²) < 4.78 is 5.09. The zero-order chi connectivity index (χ0) is 14.8. The maximum atomic E-state index is 12.7. The molecule has 108 valence electrons. The normalized spacial score (nSPS) is 22.1. The highest BCUT2D eigenvalue weighted by Gasteiger charge is 2.52. The third kappa shape index (κ3) is 2.40. The molecule has 1 amide bonds. The van der Waals surface area contributed by atoms with E-state index in [1.165, 1.54) is 0 Å². The summed E-state index contributed by atoms with van der Waals surface area (Å²) in [5, 5.41) is 0.618. The zero-order valence-electron chi connectivity index (χ0n) is 11.7. The van der Waals surface area contributed by atoms with Crippen LogP contribution in [0.1, 0.15) is 26.7 Å². The Kier molecular flexibility index (Phi) is 4.33. The third-order valence-corrected chi connectivity index (χ3v) is 4.08.